The van der Waals surface area contributed by atoms with Crippen LogP contribution < -0.4 is 0 Å². The number of ether oxygens (including phenoxy) is 2. The molecule has 1 rings (SSSR count). The molecule has 1 aliphatic rings. The molecule has 0 unspecified atom stereocenters. The lowest BCUT2D eigenvalue weighted by Gasteiger charge is -2.20. The number of nitrogens with zero attached hydrogens (tertiary/aromatic N) is 1. The fourth-order valence-electron chi connectivity index (χ4n) is 6.41. The molecule has 0 aromatic carbocycles. The van der Waals surface area contributed by atoms with Gasteiger partial charge in [0.05, 0.1) is 12.2 Å². The zero-order chi connectivity index (χ0) is 31.6. The van der Waals surface area contributed by atoms with Crippen LogP contribution in [0.5, 0.6) is 0 Å². The number of hydrogen-bond donors (Lipinski definition) is 0. The van der Waals surface area contributed by atoms with E-state index in [0.29, 0.717) is 0 Å². The van der Waals surface area contributed by atoms with Gasteiger partial charge in [0.15, 0.2) is 0 Å². The predicted octanol–water partition coefficient (Wildman–Crippen LogP) is 12.8. The maximum atomic E-state index is 6.31. The zero-order valence-electron chi connectivity index (χ0n) is 30.4. The molecule has 1 saturated heterocycles. The molecule has 0 N–H and O–H groups in total. The molecule has 260 valence electrons. The van der Waals surface area contributed by atoms with Crippen LogP contribution in [0.25, 0.3) is 0 Å². The van der Waals surface area contributed by atoms with Crippen molar-refractivity contribution in [2.24, 2.45) is 0 Å². The molecular formula is C41H79NO2. The molecule has 3 nitrogen and oxygen atoms in total. The van der Waals surface area contributed by atoms with Crippen LogP contribution >= 0.6 is 0 Å². The molecule has 1 heterocycles. The predicted molar refractivity (Wildman–Crippen MR) is 196 cm³/mol. The first-order valence-electron chi connectivity index (χ1n) is 20.0. The van der Waals surface area contributed by atoms with Crippen molar-refractivity contribution in [2.75, 3.05) is 33.4 Å². The molecule has 3 heteroatoms. The van der Waals surface area contributed by atoms with Gasteiger partial charge in [-0.3, -0.25) is 0 Å². The van der Waals surface area contributed by atoms with Crippen molar-refractivity contribution < 1.29 is 9.47 Å². The smallest absolute Gasteiger partial charge is 0.0975 e. The van der Waals surface area contributed by atoms with Gasteiger partial charge in [-0.2, -0.15) is 0 Å². The largest absolute Gasteiger partial charge is 0.374 e. The number of rotatable bonds is 34. The van der Waals surface area contributed by atoms with E-state index in [1.54, 1.807) is 0 Å². The second-order valence-corrected chi connectivity index (χ2v) is 13.9. The van der Waals surface area contributed by atoms with E-state index in [4.69, 9.17) is 9.47 Å². The van der Waals surface area contributed by atoms with Crippen molar-refractivity contribution in [3.8, 4) is 0 Å². The Morgan fingerprint density at radius 3 is 1.00 bits per heavy atom. The monoisotopic (exact) mass is 618 g/mol. The molecule has 0 spiro atoms. The summed E-state index contributed by atoms with van der Waals surface area (Å²) in [5, 5.41) is 0. The molecule has 0 aromatic heterocycles. The maximum absolute atomic E-state index is 6.31. The molecule has 44 heavy (non-hydrogen) atoms. The normalized spacial score (nSPS) is 17.6. The van der Waals surface area contributed by atoms with Crippen LogP contribution in [0.1, 0.15) is 194 Å². The lowest BCUT2D eigenvalue weighted by Crippen LogP contribution is -2.30. The van der Waals surface area contributed by atoms with Gasteiger partial charge in [-0.15, -0.1) is 0 Å². The van der Waals surface area contributed by atoms with Crippen LogP contribution in [0.15, 0.2) is 24.3 Å². The molecule has 0 saturated carbocycles. The Hall–Kier alpha value is -0.640. The van der Waals surface area contributed by atoms with Gasteiger partial charge in [-0.05, 0) is 71.3 Å². The third-order valence-electron chi connectivity index (χ3n) is 9.37. The van der Waals surface area contributed by atoms with Crippen molar-refractivity contribution in [1.82, 2.24) is 4.90 Å². The van der Waals surface area contributed by atoms with Crippen LogP contribution in [0.2, 0.25) is 0 Å². The van der Waals surface area contributed by atoms with Gasteiger partial charge in [0.25, 0.3) is 0 Å². The first kappa shape index (κ1) is 41.4. The third-order valence-corrected chi connectivity index (χ3v) is 9.37. The van der Waals surface area contributed by atoms with Crippen molar-refractivity contribution in [1.29, 1.82) is 0 Å². The molecule has 1 aliphatic heterocycles. The van der Waals surface area contributed by atoms with Crippen LogP contribution in [-0.4, -0.2) is 50.5 Å². The highest BCUT2D eigenvalue weighted by Gasteiger charge is 2.32. The Kier molecular flexibility index (Phi) is 31.7. The highest BCUT2D eigenvalue weighted by Crippen LogP contribution is 2.18. The minimum atomic E-state index is 0.265. The summed E-state index contributed by atoms with van der Waals surface area (Å²) >= 11 is 0. The van der Waals surface area contributed by atoms with Gasteiger partial charge in [-0.1, -0.05) is 154 Å². The Morgan fingerprint density at radius 2 is 0.682 bits per heavy atom. The minimum Gasteiger partial charge on any atom is -0.374 e. The molecule has 0 aromatic rings. The molecule has 0 amide bonds. The molecule has 0 bridgehead atoms. The number of likely N-dealkylation sites (tertiary alicyclic amines) is 1. The van der Waals surface area contributed by atoms with Crippen LogP contribution in [-0.2, 0) is 9.47 Å². The fourth-order valence-corrected chi connectivity index (χ4v) is 6.41. The van der Waals surface area contributed by atoms with Crippen LogP contribution in [0.3, 0.4) is 0 Å². The van der Waals surface area contributed by atoms with Crippen molar-refractivity contribution >= 4 is 0 Å². The topological polar surface area (TPSA) is 21.7 Å². The number of likely N-dealkylation sites (N-methyl/N-ethyl adjacent to an activating group) is 1. The minimum absolute atomic E-state index is 0.265. The van der Waals surface area contributed by atoms with E-state index in [0.717, 1.165) is 26.3 Å². The van der Waals surface area contributed by atoms with E-state index in [1.165, 1.54) is 180 Å². The summed E-state index contributed by atoms with van der Waals surface area (Å²) in [5.41, 5.74) is 0. The van der Waals surface area contributed by atoms with E-state index >= 15 is 0 Å². The van der Waals surface area contributed by atoms with E-state index in [-0.39, 0.29) is 12.2 Å². The second kappa shape index (κ2) is 33.7. The Bertz CT molecular complexity index is 566. The Labute approximate surface area is 277 Å². The van der Waals surface area contributed by atoms with Crippen molar-refractivity contribution in [3.63, 3.8) is 0 Å². The molecule has 1 fully saturated rings. The Balaban J connectivity index is 1.86. The summed E-state index contributed by atoms with van der Waals surface area (Å²) in [6, 6.07) is 0. The SMILES string of the molecule is CCCCCCC=CCCCCCCCCCCO[C@@H]1CN(C)C[C@H]1OCCCCCCCCCCC=CCCCCCC. The molecule has 0 radical (unpaired) electrons. The first-order chi connectivity index (χ1) is 21.8. The highest BCUT2D eigenvalue weighted by molar-refractivity contribution is 4.84. The quantitative estimate of drug-likeness (QED) is 0.0529. The number of hydrogen-bond acceptors (Lipinski definition) is 3. The summed E-state index contributed by atoms with van der Waals surface area (Å²) < 4.78 is 12.6. The van der Waals surface area contributed by atoms with Crippen LogP contribution in [0.4, 0.5) is 0 Å². The average Bonchev–Trinajstić information content (AvgIpc) is 3.38. The summed E-state index contributed by atoms with van der Waals surface area (Å²) in [6.45, 7) is 8.41. The van der Waals surface area contributed by atoms with E-state index in [9.17, 15) is 0 Å². The third kappa shape index (κ3) is 27.7. The van der Waals surface area contributed by atoms with Gasteiger partial charge in [0.1, 0.15) is 0 Å². The van der Waals surface area contributed by atoms with Crippen LogP contribution in [0, 0.1) is 0 Å². The lowest BCUT2D eigenvalue weighted by atomic mass is 10.1. The van der Waals surface area contributed by atoms with E-state index < -0.39 is 0 Å². The summed E-state index contributed by atoms with van der Waals surface area (Å²) in [6.07, 6.45) is 48.0. The molecule has 2 atom stereocenters. The van der Waals surface area contributed by atoms with Gasteiger partial charge in [0.2, 0.25) is 0 Å². The van der Waals surface area contributed by atoms with Gasteiger partial charge in [-0.25, -0.2) is 0 Å². The maximum Gasteiger partial charge on any atom is 0.0975 e. The lowest BCUT2D eigenvalue weighted by molar-refractivity contribution is -0.0481. The van der Waals surface area contributed by atoms with Crippen molar-refractivity contribution in [2.45, 2.75) is 206 Å². The summed E-state index contributed by atoms with van der Waals surface area (Å²) in [5.74, 6) is 0. The fraction of sp³-hybridized carbons (Fsp3) is 0.902. The Morgan fingerprint density at radius 1 is 0.409 bits per heavy atom. The zero-order valence-corrected chi connectivity index (χ0v) is 30.4. The first-order valence-corrected chi connectivity index (χ1v) is 20.0. The van der Waals surface area contributed by atoms with Crippen molar-refractivity contribution in [3.05, 3.63) is 24.3 Å². The summed E-state index contributed by atoms with van der Waals surface area (Å²) in [7, 11) is 2.20. The standard InChI is InChI=1S/C41H79NO2/c1-4-6-8-10-12-14-16-18-20-22-24-26-28-30-32-34-36-43-40-38-42(3)39-41(40)44-37-35-33-31-29-27-25-23-21-19-17-15-13-11-9-7-5-2/h14-17,40-41H,4-13,18-39H2,1-3H3/t40-,41-/m1/s1. The van der Waals surface area contributed by atoms with Gasteiger partial charge in [0, 0.05) is 26.3 Å². The second-order valence-electron chi connectivity index (χ2n) is 13.9. The average molecular weight is 618 g/mol. The number of allylic oxidation sites excluding steroid dienone is 4. The molecule has 0 aliphatic carbocycles. The highest BCUT2D eigenvalue weighted by atomic mass is 16.5. The van der Waals surface area contributed by atoms with Gasteiger partial charge >= 0.3 is 0 Å². The summed E-state index contributed by atoms with van der Waals surface area (Å²) in [4.78, 5) is 2.38. The van der Waals surface area contributed by atoms with E-state index in [2.05, 4.69) is 50.1 Å². The van der Waals surface area contributed by atoms with E-state index in [1.807, 2.05) is 0 Å². The van der Waals surface area contributed by atoms with Gasteiger partial charge < -0.3 is 14.4 Å². The number of unbranched alkanes of at least 4 members (excludes halogenated alkanes) is 24. The molecular weight excluding hydrogens is 538 g/mol.